The Morgan fingerprint density at radius 2 is 1.31 bits per heavy atom. The first-order valence-corrected chi connectivity index (χ1v) is 15.5. The Kier molecular flexibility index (Phi) is 5.11. The number of para-hydroxylation sites is 2. The van der Waals surface area contributed by atoms with Gasteiger partial charge in [-0.1, -0.05) is 109 Å². The Labute approximate surface area is 260 Å². The average molecular weight is 578 g/mol. The summed E-state index contributed by atoms with van der Waals surface area (Å²) in [4.78, 5) is 2.44. The van der Waals surface area contributed by atoms with E-state index in [0.717, 1.165) is 33.1 Å². The molecule has 3 nitrogen and oxygen atoms in total. The molecule has 2 unspecified atom stereocenters. The topological polar surface area (TPSA) is 25.6 Å². The predicted molar refractivity (Wildman–Crippen MR) is 183 cm³/mol. The van der Waals surface area contributed by atoms with Crippen LogP contribution in [0.25, 0.3) is 55.0 Å². The van der Waals surface area contributed by atoms with Crippen LogP contribution in [0.4, 0.5) is 11.4 Å². The van der Waals surface area contributed by atoms with Crippen LogP contribution in [0, 0.1) is 0 Å². The van der Waals surface area contributed by atoms with Crippen molar-refractivity contribution in [2.75, 3.05) is 4.90 Å². The third kappa shape index (κ3) is 3.58. The van der Waals surface area contributed by atoms with Gasteiger partial charge in [0.15, 0.2) is 6.10 Å². The van der Waals surface area contributed by atoms with Crippen molar-refractivity contribution in [2.24, 2.45) is 0 Å². The van der Waals surface area contributed by atoms with Crippen LogP contribution < -0.4 is 9.64 Å². The standard InChI is InChI=1S/C42H27NO2/c1-2-10-30(11-3-1)43-36-15-7-6-13-33(36)42-40(43)35-25-29(22-24-37(35)44-42)26-17-19-28(20-18-26)31-14-8-16-38-39(31)34-23-21-27-9-4-5-12-32(27)41(34)45-38/h1-25,40,42H. The molecule has 0 fully saturated rings. The number of ether oxygens (including phenoxy) is 1. The Balaban J connectivity index is 1.05. The number of hydrogen-bond acceptors (Lipinski definition) is 3. The van der Waals surface area contributed by atoms with Crippen molar-refractivity contribution >= 4 is 44.1 Å². The Bertz CT molecular complexity index is 2420. The minimum atomic E-state index is -0.0311. The summed E-state index contributed by atoms with van der Waals surface area (Å²) in [6, 6.07) is 54.1. The molecular formula is C42H27NO2. The molecule has 2 atom stereocenters. The van der Waals surface area contributed by atoms with Crippen molar-refractivity contribution in [3.05, 3.63) is 163 Å². The van der Waals surface area contributed by atoms with Crippen molar-refractivity contribution < 1.29 is 9.15 Å². The van der Waals surface area contributed by atoms with Crippen molar-refractivity contribution in [3.8, 4) is 28.0 Å². The fraction of sp³-hybridized carbons (Fsp3) is 0.0476. The second-order valence-electron chi connectivity index (χ2n) is 12.0. The minimum Gasteiger partial charge on any atom is -0.483 e. The van der Waals surface area contributed by atoms with Crippen LogP contribution in [0.2, 0.25) is 0 Å². The molecule has 0 spiro atoms. The second kappa shape index (κ2) is 9.35. The fourth-order valence-corrected chi connectivity index (χ4v) is 7.56. The first-order chi connectivity index (χ1) is 22.3. The number of rotatable bonds is 3. The maximum absolute atomic E-state index is 6.62. The molecule has 0 bridgehead atoms. The first kappa shape index (κ1) is 24.6. The molecular weight excluding hydrogens is 550 g/mol. The van der Waals surface area contributed by atoms with Crippen LogP contribution >= 0.6 is 0 Å². The molecule has 45 heavy (non-hydrogen) atoms. The second-order valence-corrected chi connectivity index (χ2v) is 12.0. The average Bonchev–Trinajstić information content (AvgIpc) is 3.77. The highest BCUT2D eigenvalue weighted by molar-refractivity contribution is 6.19. The predicted octanol–water partition coefficient (Wildman–Crippen LogP) is 11.4. The van der Waals surface area contributed by atoms with E-state index in [4.69, 9.17) is 9.15 Å². The molecule has 0 saturated carbocycles. The molecule has 10 rings (SSSR count). The van der Waals surface area contributed by atoms with Gasteiger partial charge in [0.2, 0.25) is 0 Å². The zero-order valence-electron chi connectivity index (χ0n) is 24.4. The highest BCUT2D eigenvalue weighted by atomic mass is 16.5. The lowest BCUT2D eigenvalue weighted by molar-refractivity contribution is 0.223. The van der Waals surface area contributed by atoms with Gasteiger partial charge in [0.25, 0.3) is 0 Å². The molecule has 0 amide bonds. The highest BCUT2D eigenvalue weighted by Gasteiger charge is 2.47. The largest absolute Gasteiger partial charge is 0.483 e. The van der Waals surface area contributed by atoms with Crippen molar-refractivity contribution in [3.63, 3.8) is 0 Å². The number of hydrogen-bond donors (Lipinski definition) is 0. The summed E-state index contributed by atoms with van der Waals surface area (Å²) >= 11 is 0. The molecule has 2 aliphatic rings. The van der Waals surface area contributed by atoms with Crippen LogP contribution in [-0.4, -0.2) is 0 Å². The normalized spacial score (nSPS) is 16.6. The van der Waals surface area contributed by atoms with E-state index in [0.29, 0.717) is 0 Å². The molecule has 0 saturated heterocycles. The van der Waals surface area contributed by atoms with Crippen molar-refractivity contribution in [1.29, 1.82) is 0 Å². The summed E-state index contributed by atoms with van der Waals surface area (Å²) in [7, 11) is 0. The lowest BCUT2D eigenvalue weighted by atomic mass is 9.94. The number of furan rings is 1. The molecule has 0 aliphatic carbocycles. The SMILES string of the molecule is c1ccc(N2c3ccccc3C3Oc4ccc(-c5ccc(-c6cccc7oc8c9ccccc9ccc8c67)cc5)cc4C32)cc1. The zero-order chi connectivity index (χ0) is 29.5. The molecule has 2 aliphatic heterocycles. The van der Waals surface area contributed by atoms with Crippen LogP contribution in [-0.2, 0) is 0 Å². The maximum Gasteiger partial charge on any atom is 0.151 e. The van der Waals surface area contributed by atoms with Gasteiger partial charge in [0, 0.05) is 38.7 Å². The molecule has 0 radical (unpaired) electrons. The minimum absolute atomic E-state index is 0.0311. The summed E-state index contributed by atoms with van der Waals surface area (Å²) in [5.74, 6) is 0.965. The van der Waals surface area contributed by atoms with E-state index >= 15 is 0 Å². The van der Waals surface area contributed by atoms with Crippen molar-refractivity contribution in [1.82, 2.24) is 0 Å². The third-order valence-electron chi connectivity index (χ3n) is 9.60. The van der Waals surface area contributed by atoms with Crippen molar-refractivity contribution in [2.45, 2.75) is 12.1 Å². The van der Waals surface area contributed by atoms with Gasteiger partial charge in [-0.3, -0.25) is 0 Å². The Morgan fingerprint density at radius 1 is 0.533 bits per heavy atom. The summed E-state index contributed by atoms with van der Waals surface area (Å²) in [5.41, 5.74) is 11.4. The number of nitrogens with zero attached hydrogens (tertiary/aromatic N) is 1. The van der Waals surface area contributed by atoms with Gasteiger partial charge in [-0.25, -0.2) is 0 Å². The molecule has 3 heteroatoms. The third-order valence-corrected chi connectivity index (χ3v) is 9.60. The van der Waals surface area contributed by atoms with E-state index < -0.39 is 0 Å². The Hall–Kier alpha value is -5.80. The molecule has 8 aromatic rings. The number of fused-ring (bicyclic) bond motifs is 10. The van der Waals surface area contributed by atoms with Crippen LogP contribution in [0.3, 0.4) is 0 Å². The lowest BCUT2D eigenvalue weighted by Gasteiger charge is -2.26. The quantitative estimate of drug-likeness (QED) is 0.209. The summed E-state index contributed by atoms with van der Waals surface area (Å²) in [6.07, 6.45) is -0.0311. The first-order valence-electron chi connectivity index (χ1n) is 15.5. The molecule has 212 valence electrons. The highest BCUT2D eigenvalue weighted by Crippen LogP contribution is 2.59. The number of benzene rings is 7. The Morgan fingerprint density at radius 3 is 2.22 bits per heavy atom. The van der Waals surface area contributed by atoms with Gasteiger partial charge in [-0.15, -0.1) is 0 Å². The van der Waals surface area contributed by atoms with Crippen LogP contribution in [0.1, 0.15) is 23.3 Å². The van der Waals surface area contributed by atoms with Gasteiger partial charge < -0.3 is 14.1 Å². The van der Waals surface area contributed by atoms with Gasteiger partial charge in [0.1, 0.15) is 23.0 Å². The van der Waals surface area contributed by atoms with E-state index in [9.17, 15) is 0 Å². The molecule has 1 aromatic heterocycles. The van der Waals surface area contributed by atoms with Crippen LogP contribution in [0.15, 0.2) is 156 Å². The maximum atomic E-state index is 6.62. The smallest absolute Gasteiger partial charge is 0.151 e. The van der Waals surface area contributed by atoms with Gasteiger partial charge >= 0.3 is 0 Å². The number of anilines is 2. The zero-order valence-corrected chi connectivity index (χ0v) is 24.4. The van der Waals surface area contributed by atoms with Gasteiger partial charge in [-0.2, -0.15) is 0 Å². The van der Waals surface area contributed by atoms with E-state index in [1.807, 2.05) is 0 Å². The fourth-order valence-electron chi connectivity index (χ4n) is 7.56. The molecule has 0 N–H and O–H groups in total. The summed E-state index contributed by atoms with van der Waals surface area (Å²) < 4.78 is 13.1. The molecule has 7 aromatic carbocycles. The summed E-state index contributed by atoms with van der Waals surface area (Å²) in [5, 5.41) is 4.64. The van der Waals surface area contributed by atoms with E-state index in [-0.39, 0.29) is 12.1 Å². The van der Waals surface area contributed by atoms with Crippen LogP contribution in [0.5, 0.6) is 5.75 Å². The monoisotopic (exact) mass is 577 g/mol. The van der Waals surface area contributed by atoms with Gasteiger partial charge in [-0.05, 0) is 70.1 Å². The summed E-state index contributed by atoms with van der Waals surface area (Å²) in [6.45, 7) is 0. The van der Waals surface area contributed by atoms with E-state index in [1.54, 1.807) is 0 Å². The van der Waals surface area contributed by atoms with E-state index in [2.05, 4.69) is 157 Å². The lowest BCUT2D eigenvalue weighted by Crippen LogP contribution is -2.20. The van der Waals surface area contributed by atoms with Gasteiger partial charge in [0.05, 0.1) is 0 Å². The molecule has 3 heterocycles. The van der Waals surface area contributed by atoms with E-state index in [1.165, 1.54) is 50.1 Å².